The summed E-state index contributed by atoms with van der Waals surface area (Å²) in [5, 5.41) is 1.06. The summed E-state index contributed by atoms with van der Waals surface area (Å²) in [6.45, 7) is 0. The Morgan fingerprint density at radius 2 is 1.48 bits per heavy atom. The van der Waals surface area contributed by atoms with E-state index in [0.717, 1.165) is 22.2 Å². The van der Waals surface area contributed by atoms with E-state index in [2.05, 4.69) is 4.98 Å². The fraction of sp³-hybridized carbons (Fsp3) is 0.105. The number of benzene rings is 2. The third kappa shape index (κ3) is 2.28. The number of hydrogen-bond donors (Lipinski definition) is 0. The second-order valence-electron chi connectivity index (χ2n) is 5.53. The average Bonchev–Trinajstić information content (AvgIpc) is 2.93. The number of nitrogens with zero attached hydrogens (tertiary/aromatic N) is 2. The molecule has 4 rings (SSSR count). The second kappa shape index (κ2) is 5.32. The molecule has 2 amide bonds. The lowest BCUT2D eigenvalue weighted by molar-refractivity contribution is -0.121. The van der Waals surface area contributed by atoms with Gasteiger partial charge in [-0.05, 0) is 18.2 Å². The first-order valence-corrected chi connectivity index (χ1v) is 7.55. The van der Waals surface area contributed by atoms with Crippen molar-refractivity contribution in [3.8, 4) is 11.3 Å². The molecule has 1 saturated heterocycles. The van der Waals surface area contributed by atoms with Gasteiger partial charge < -0.3 is 0 Å². The summed E-state index contributed by atoms with van der Waals surface area (Å²) in [7, 11) is 0. The van der Waals surface area contributed by atoms with Gasteiger partial charge >= 0.3 is 0 Å². The van der Waals surface area contributed by atoms with Gasteiger partial charge in [0.15, 0.2) is 0 Å². The topological polar surface area (TPSA) is 50.3 Å². The van der Waals surface area contributed by atoms with Crippen LogP contribution in [0.25, 0.3) is 22.2 Å². The van der Waals surface area contributed by atoms with Crippen molar-refractivity contribution in [3.05, 3.63) is 60.7 Å². The van der Waals surface area contributed by atoms with Gasteiger partial charge in [-0.3, -0.25) is 9.59 Å². The molecule has 0 N–H and O–H groups in total. The zero-order valence-corrected chi connectivity index (χ0v) is 12.4. The predicted octanol–water partition coefficient (Wildman–Crippen LogP) is 3.56. The summed E-state index contributed by atoms with van der Waals surface area (Å²) in [4.78, 5) is 30.1. The van der Waals surface area contributed by atoms with Gasteiger partial charge in [0.2, 0.25) is 11.8 Å². The maximum atomic E-state index is 12.1. The summed E-state index contributed by atoms with van der Waals surface area (Å²) in [6.07, 6.45) is 0.552. The molecule has 1 aliphatic heterocycles. The van der Waals surface area contributed by atoms with Gasteiger partial charge in [0.1, 0.15) is 0 Å². The van der Waals surface area contributed by atoms with Crippen molar-refractivity contribution >= 4 is 28.4 Å². The Morgan fingerprint density at radius 1 is 0.783 bits per heavy atom. The first-order valence-electron chi connectivity index (χ1n) is 7.55. The quantitative estimate of drug-likeness (QED) is 0.680. The van der Waals surface area contributed by atoms with E-state index in [4.69, 9.17) is 0 Å². The summed E-state index contributed by atoms with van der Waals surface area (Å²) < 4.78 is 0. The molecule has 2 heterocycles. The average molecular weight is 302 g/mol. The van der Waals surface area contributed by atoms with E-state index in [-0.39, 0.29) is 24.7 Å². The number of hydrogen-bond acceptors (Lipinski definition) is 3. The van der Waals surface area contributed by atoms with Gasteiger partial charge in [-0.1, -0.05) is 42.5 Å². The van der Waals surface area contributed by atoms with Crippen LogP contribution < -0.4 is 4.90 Å². The maximum Gasteiger partial charge on any atom is 0.234 e. The maximum absolute atomic E-state index is 12.1. The van der Waals surface area contributed by atoms with Crippen molar-refractivity contribution < 1.29 is 9.59 Å². The highest BCUT2D eigenvalue weighted by Gasteiger charge is 2.31. The van der Waals surface area contributed by atoms with Gasteiger partial charge in [-0.25, -0.2) is 9.88 Å². The monoisotopic (exact) mass is 302 g/mol. The van der Waals surface area contributed by atoms with Crippen molar-refractivity contribution in [2.75, 3.05) is 4.90 Å². The van der Waals surface area contributed by atoms with E-state index in [9.17, 15) is 9.59 Å². The Morgan fingerprint density at radius 3 is 2.30 bits per heavy atom. The van der Waals surface area contributed by atoms with Crippen LogP contribution in [0.4, 0.5) is 5.69 Å². The molecule has 0 atom stereocenters. The highest BCUT2D eigenvalue weighted by molar-refractivity contribution is 6.21. The van der Waals surface area contributed by atoms with Crippen LogP contribution in [-0.4, -0.2) is 16.8 Å². The lowest BCUT2D eigenvalue weighted by atomic mass is 10.1. The molecule has 0 radical (unpaired) electrons. The lowest BCUT2D eigenvalue weighted by Crippen LogP contribution is -2.29. The Balaban J connectivity index is 1.88. The molecule has 112 valence electrons. The van der Waals surface area contributed by atoms with E-state index in [1.807, 2.05) is 54.6 Å². The summed E-state index contributed by atoms with van der Waals surface area (Å²) in [6, 6.07) is 19.2. The van der Waals surface area contributed by atoms with Crippen LogP contribution in [0.5, 0.6) is 0 Å². The van der Waals surface area contributed by atoms with Gasteiger partial charge in [0, 0.05) is 23.8 Å². The van der Waals surface area contributed by atoms with E-state index in [0.29, 0.717) is 5.69 Å². The molecule has 4 nitrogen and oxygen atoms in total. The molecule has 1 aromatic heterocycles. The molecule has 2 aromatic carbocycles. The molecule has 0 aliphatic carbocycles. The molecular formula is C19H14N2O2. The number of rotatable bonds is 2. The van der Waals surface area contributed by atoms with Gasteiger partial charge in [-0.15, -0.1) is 0 Å². The molecule has 4 heteroatoms. The number of anilines is 1. The van der Waals surface area contributed by atoms with Crippen LogP contribution in [0.1, 0.15) is 12.8 Å². The minimum atomic E-state index is -0.150. The number of pyridine rings is 1. The SMILES string of the molecule is O=C1CCC(=O)N1c1ccccc1-c1ccc2ccccc2n1. The largest absolute Gasteiger partial charge is 0.274 e. The van der Waals surface area contributed by atoms with E-state index < -0.39 is 0 Å². The Bertz CT molecular complexity index is 917. The molecule has 23 heavy (non-hydrogen) atoms. The first kappa shape index (κ1) is 13.6. The van der Waals surface area contributed by atoms with Crippen molar-refractivity contribution in [2.24, 2.45) is 0 Å². The highest BCUT2D eigenvalue weighted by Crippen LogP contribution is 2.33. The van der Waals surface area contributed by atoms with Crippen molar-refractivity contribution in [1.82, 2.24) is 4.98 Å². The number of fused-ring (bicyclic) bond motifs is 1. The number of carbonyl (C=O) groups is 2. The third-order valence-electron chi connectivity index (χ3n) is 4.07. The summed E-state index contributed by atoms with van der Waals surface area (Å²) in [5.74, 6) is -0.300. The smallest absolute Gasteiger partial charge is 0.234 e. The van der Waals surface area contributed by atoms with Crippen LogP contribution in [0.3, 0.4) is 0 Å². The van der Waals surface area contributed by atoms with Crippen LogP contribution >= 0.6 is 0 Å². The third-order valence-corrected chi connectivity index (χ3v) is 4.07. The molecule has 0 unspecified atom stereocenters. The van der Waals surface area contributed by atoms with Crippen LogP contribution in [0.15, 0.2) is 60.7 Å². The Hall–Kier alpha value is -3.01. The number of para-hydroxylation sites is 2. The van der Waals surface area contributed by atoms with Crippen molar-refractivity contribution in [3.63, 3.8) is 0 Å². The first-order chi connectivity index (χ1) is 11.2. The second-order valence-corrected chi connectivity index (χ2v) is 5.53. The van der Waals surface area contributed by atoms with Crippen LogP contribution in [0, 0.1) is 0 Å². The fourth-order valence-corrected chi connectivity index (χ4v) is 2.95. The zero-order valence-electron chi connectivity index (χ0n) is 12.4. The molecule has 1 aliphatic rings. The summed E-state index contributed by atoms with van der Waals surface area (Å²) >= 11 is 0. The Labute approximate surface area is 133 Å². The van der Waals surface area contributed by atoms with Crippen molar-refractivity contribution in [2.45, 2.75) is 12.8 Å². The van der Waals surface area contributed by atoms with Gasteiger partial charge in [0.05, 0.1) is 16.9 Å². The molecular weight excluding hydrogens is 288 g/mol. The van der Waals surface area contributed by atoms with E-state index >= 15 is 0 Å². The van der Waals surface area contributed by atoms with Gasteiger partial charge in [-0.2, -0.15) is 0 Å². The fourth-order valence-electron chi connectivity index (χ4n) is 2.95. The summed E-state index contributed by atoms with van der Waals surface area (Å²) in [5.41, 5.74) is 3.05. The minimum absolute atomic E-state index is 0.150. The number of aromatic nitrogens is 1. The van der Waals surface area contributed by atoms with Crippen LogP contribution in [0.2, 0.25) is 0 Å². The number of carbonyl (C=O) groups excluding carboxylic acids is 2. The van der Waals surface area contributed by atoms with E-state index in [1.54, 1.807) is 6.07 Å². The minimum Gasteiger partial charge on any atom is -0.274 e. The predicted molar refractivity (Wildman–Crippen MR) is 88.9 cm³/mol. The normalized spacial score (nSPS) is 14.7. The molecule has 3 aromatic rings. The zero-order chi connectivity index (χ0) is 15.8. The van der Waals surface area contributed by atoms with Gasteiger partial charge in [0.25, 0.3) is 0 Å². The van der Waals surface area contributed by atoms with Crippen molar-refractivity contribution in [1.29, 1.82) is 0 Å². The van der Waals surface area contributed by atoms with Crippen LogP contribution in [-0.2, 0) is 9.59 Å². The van der Waals surface area contributed by atoms with E-state index in [1.165, 1.54) is 4.90 Å². The molecule has 0 bridgehead atoms. The standard InChI is InChI=1S/C19H14N2O2/c22-18-11-12-19(23)21(18)17-8-4-2-6-14(17)16-10-9-13-5-1-3-7-15(13)20-16/h1-10H,11-12H2. The number of amides is 2. The molecule has 0 saturated carbocycles. The molecule has 0 spiro atoms. The highest BCUT2D eigenvalue weighted by atomic mass is 16.2. The lowest BCUT2D eigenvalue weighted by Gasteiger charge is -2.18. The Kier molecular flexibility index (Phi) is 3.15. The molecule has 1 fully saturated rings. The number of imide groups is 1.